The number of nitrogens with two attached hydrogens (primary N) is 1. The summed E-state index contributed by atoms with van der Waals surface area (Å²) in [5.74, 6) is -0.838. The molecular formula is C15H25ClN6O3. The van der Waals surface area contributed by atoms with E-state index in [2.05, 4.69) is 10.4 Å². The Balaban J connectivity index is 0.00000312. The van der Waals surface area contributed by atoms with E-state index >= 15 is 0 Å². The zero-order valence-electron chi connectivity index (χ0n) is 14.6. The lowest BCUT2D eigenvalue weighted by Crippen LogP contribution is -2.55. The van der Waals surface area contributed by atoms with Crippen molar-refractivity contribution in [3.05, 3.63) is 12.4 Å². The van der Waals surface area contributed by atoms with Gasteiger partial charge < -0.3 is 20.9 Å². The van der Waals surface area contributed by atoms with Gasteiger partial charge in [0.2, 0.25) is 17.7 Å². The molecule has 0 aromatic carbocycles. The lowest BCUT2D eigenvalue weighted by Gasteiger charge is -2.33. The first-order valence-electron chi connectivity index (χ1n) is 7.89. The number of carbonyl (C=O) groups excluding carboxylic acids is 3. The summed E-state index contributed by atoms with van der Waals surface area (Å²) in [7, 11) is 1.78. The lowest BCUT2D eigenvalue weighted by molar-refractivity contribution is -0.137. The van der Waals surface area contributed by atoms with Gasteiger partial charge in [-0.05, 0) is 5.92 Å². The molecule has 10 heteroatoms. The van der Waals surface area contributed by atoms with Crippen molar-refractivity contribution < 1.29 is 14.4 Å². The maximum Gasteiger partial charge on any atom is 0.246 e. The van der Waals surface area contributed by atoms with Crippen LogP contribution >= 0.6 is 12.4 Å². The molecular weight excluding hydrogens is 348 g/mol. The van der Waals surface area contributed by atoms with Gasteiger partial charge in [0.05, 0.1) is 24.5 Å². The maximum atomic E-state index is 12.2. The van der Waals surface area contributed by atoms with Gasteiger partial charge in [-0.15, -0.1) is 12.4 Å². The van der Waals surface area contributed by atoms with Crippen LogP contribution in [0.15, 0.2) is 12.4 Å². The van der Waals surface area contributed by atoms with Crippen molar-refractivity contribution >= 4 is 35.8 Å². The van der Waals surface area contributed by atoms with E-state index in [4.69, 9.17) is 5.73 Å². The van der Waals surface area contributed by atoms with Crippen LogP contribution in [0.5, 0.6) is 0 Å². The first-order valence-corrected chi connectivity index (χ1v) is 7.89. The Kier molecular flexibility index (Phi) is 7.38. The van der Waals surface area contributed by atoms with Gasteiger partial charge in [0.15, 0.2) is 0 Å². The fourth-order valence-corrected chi connectivity index (χ4v) is 2.40. The summed E-state index contributed by atoms with van der Waals surface area (Å²) >= 11 is 0. The molecule has 1 aromatic heterocycles. The highest BCUT2D eigenvalue weighted by atomic mass is 35.5. The monoisotopic (exact) mass is 372 g/mol. The van der Waals surface area contributed by atoms with E-state index in [1.54, 1.807) is 29.0 Å². The third-order valence-corrected chi connectivity index (χ3v) is 4.01. The molecule has 9 nitrogen and oxygen atoms in total. The zero-order valence-corrected chi connectivity index (χ0v) is 15.5. The maximum absolute atomic E-state index is 12.2. The smallest absolute Gasteiger partial charge is 0.246 e. The Morgan fingerprint density at radius 2 is 2.04 bits per heavy atom. The minimum atomic E-state index is -0.651. The SMILES string of the molecule is CC(C)[C@H](N)C(=O)NCC(=O)N1CCN(c2cnn(C)c2)C(=O)C1.Cl. The van der Waals surface area contributed by atoms with Gasteiger partial charge in [-0.1, -0.05) is 13.8 Å². The van der Waals surface area contributed by atoms with Gasteiger partial charge in [0.25, 0.3) is 0 Å². The second-order valence-corrected chi connectivity index (χ2v) is 6.22. The Labute approximate surface area is 152 Å². The molecule has 1 aliphatic rings. The normalized spacial score (nSPS) is 15.8. The molecule has 0 radical (unpaired) electrons. The molecule has 0 unspecified atom stereocenters. The summed E-state index contributed by atoms with van der Waals surface area (Å²) in [5.41, 5.74) is 6.44. The number of aromatic nitrogens is 2. The molecule has 2 rings (SSSR count). The van der Waals surface area contributed by atoms with E-state index in [0.717, 1.165) is 0 Å². The van der Waals surface area contributed by atoms with E-state index in [1.165, 1.54) is 4.90 Å². The molecule has 1 fully saturated rings. The summed E-state index contributed by atoms with van der Waals surface area (Å²) in [6, 6.07) is -0.651. The van der Waals surface area contributed by atoms with Crippen molar-refractivity contribution in [2.45, 2.75) is 19.9 Å². The lowest BCUT2D eigenvalue weighted by atomic mass is 10.1. The van der Waals surface area contributed by atoms with Crippen LogP contribution in [0.3, 0.4) is 0 Å². The minimum Gasteiger partial charge on any atom is -0.346 e. The van der Waals surface area contributed by atoms with Crippen molar-refractivity contribution in [1.82, 2.24) is 20.0 Å². The van der Waals surface area contributed by atoms with Gasteiger partial charge in [-0.2, -0.15) is 5.10 Å². The van der Waals surface area contributed by atoms with Gasteiger partial charge in [-0.3, -0.25) is 19.1 Å². The number of nitrogens with zero attached hydrogens (tertiary/aromatic N) is 4. The number of piperazine rings is 1. The van der Waals surface area contributed by atoms with E-state index in [1.807, 2.05) is 13.8 Å². The molecule has 0 aliphatic carbocycles. The van der Waals surface area contributed by atoms with E-state index in [-0.39, 0.29) is 49.1 Å². The molecule has 1 saturated heterocycles. The highest BCUT2D eigenvalue weighted by Crippen LogP contribution is 2.15. The molecule has 2 heterocycles. The molecule has 3 amide bonds. The predicted molar refractivity (Wildman–Crippen MR) is 95.2 cm³/mol. The third-order valence-electron chi connectivity index (χ3n) is 4.01. The molecule has 1 aliphatic heterocycles. The second kappa shape index (κ2) is 8.82. The van der Waals surface area contributed by atoms with Crippen LogP contribution in [0.4, 0.5) is 5.69 Å². The van der Waals surface area contributed by atoms with Crippen LogP contribution in [0.2, 0.25) is 0 Å². The molecule has 1 atom stereocenters. The fourth-order valence-electron chi connectivity index (χ4n) is 2.40. The summed E-state index contributed by atoms with van der Waals surface area (Å²) in [5, 5.41) is 6.57. The molecule has 3 N–H and O–H groups in total. The Morgan fingerprint density at radius 3 is 2.56 bits per heavy atom. The number of rotatable bonds is 5. The summed E-state index contributed by atoms with van der Waals surface area (Å²) < 4.78 is 1.62. The van der Waals surface area contributed by atoms with E-state index < -0.39 is 6.04 Å². The predicted octanol–water partition coefficient (Wildman–Crippen LogP) is -0.883. The first kappa shape index (κ1) is 20.9. The number of anilines is 1. The van der Waals surface area contributed by atoms with Crippen LogP contribution < -0.4 is 16.0 Å². The number of hydrogen-bond acceptors (Lipinski definition) is 5. The molecule has 25 heavy (non-hydrogen) atoms. The molecule has 0 saturated carbocycles. The average molecular weight is 373 g/mol. The number of hydrogen-bond donors (Lipinski definition) is 2. The van der Waals surface area contributed by atoms with Crippen LogP contribution in [-0.2, 0) is 21.4 Å². The van der Waals surface area contributed by atoms with Crippen molar-refractivity contribution in [2.75, 3.05) is 31.1 Å². The summed E-state index contributed by atoms with van der Waals surface area (Å²) in [6.07, 6.45) is 3.37. The van der Waals surface area contributed by atoms with Crippen molar-refractivity contribution in [1.29, 1.82) is 0 Å². The fraction of sp³-hybridized carbons (Fsp3) is 0.600. The van der Waals surface area contributed by atoms with Gasteiger partial charge >= 0.3 is 0 Å². The Morgan fingerprint density at radius 1 is 1.36 bits per heavy atom. The summed E-state index contributed by atoms with van der Waals surface area (Å²) in [4.78, 5) is 39.2. The highest BCUT2D eigenvalue weighted by molar-refractivity contribution is 5.98. The zero-order chi connectivity index (χ0) is 17.9. The second-order valence-electron chi connectivity index (χ2n) is 6.22. The quantitative estimate of drug-likeness (QED) is 0.696. The standard InChI is InChI=1S/C15H24N6O3.ClH/c1-10(2)14(16)15(24)17-7-12(22)20-4-5-21(13(23)9-20)11-6-18-19(3)8-11;/h6,8,10,14H,4-5,7,9,16H2,1-3H3,(H,17,24);1H/t14-;/m0./s1. The van der Waals surface area contributed by atoms with E-state index in [9.17, 15) is 14.4 Å². The topological polar surface area (TPSA) is 114 Å². The molecule has 0 spiro atoms. The Hall–Kier alpha value is -2.13. The largest absolute Gasteiger partial charge is 0.346 e. The highest BCUT2D eigenvalue weighted by Gasteiger charge is 2.29. The summed E-state index contributed by atoms with van der Waals surface area (Å²) in [6.45, 7) is 4.31. The number of amides is 3. The average Bonchev–Trinajstić information content (AvgIpc) is 2.97. The number of nitrogens with one attached hydrogen (secondary N) is 1. The third kappa shape index (κ3) is 5.17. The number of carbonyl (C=O) groups is 3. The molecule has 1 aromatic rings. The first-order chi connectivity index (χ1) is 11.3. The van der Waals surface area contributed by atoms with Crippen LogP contribution in [0.25, 0.3) is 0 Å². The minimum absolute atomic E-state index is 0. The molecule has 140 valence electrons. The van der Waals surface area contributed by atoms with Gasteiger partial charge in [-0.25, -0.2) is 0 Å². The van der Waals surface area contributed by atoms with Crippen LogP contribution in [-0.4, -0.2) is 64.6 Å². The van der Waals surface area contributed by atoms with Crippen molar-refractivity contribution in [3.8, 4) is 0 Å². The van der Waals surface area contributed by atoms with Gasteiger partial charge in [0.1, 0.15) is 6.54 Å². The van der Waals surface area contributed by atoms with E-state index in [0.29, 0.717) is 18.8 Å². The van der Waals surface area contributed by atoms with Crippen molar-refractivity contribution in [3.63, 3.8) is 0 Å². The molecule has 0 bridgehead atoms. The van der Waals surface area contributed by atoms with Gasteiger partial charge in [0, 0.05) is 26.3 Å². The van der Waals surface area contributed by atoms with Crippen molar-refractivity contribution in [2.24, 2.45) is 18.7 Å². The van der Waals surface area contributed by atoms with Crippen LogP contribution in [0, 0.1) is 5.92 Å². The van der Waals surface area contributed by atoms with Crippen LogP contribution in [0.1, 0.15) is 13.8 Å². The Bertz CT molecular complexity index is 633. The number of halogens is 1. The number of aryl methyl sites for hydroxylation is 1.